The fourth-order valence-electron chi connectivity index (χ4n) is 3.90. The van der Waals surface area contributed by atoms with E-state index in [1.807, 2.05) is 29.1 Å². The van der Waals surface area contributed by atoms with Crippen LogP contribution in [0.2, 0.25) is 0 Å². The minimum atomic E-state index is -0.974. The van der Waals surface area contributed by atoms with E-state index in [1.54, 1.807) is 86.8 Å². The molecular formula is C39H61N10NaO14. The summed E-state index contributed by atoms with van der Waals surface area (Å²) in [5.41, 5.74) is 8.29. The molecule has 0 radical (unpaired) electrons. The van der Waals surface area contributed by atoms with E-state index in [2.05, 4.69) is 40.5 Å². The van der Waals surface area contributed by atoms with Crippen molar-refractivity contribution in [2.45, 2.75) is 67.0 Å². The van der Waals surface area contributed by atoms with Gasteiger partial charge in [0.05, 0.1) is 45.7 Å². The second-order valence-electron chi connectivity index (χ2n) is 11.0. The number of aryl methyl sites for hydroxylation is 2. The summed E-state index contributed by atoms with van der Waals surface area (Å²) in [6.45, 7) is 17.2. The zero-order chi connectivity index (χ0) is 48.8. The molecule has 1 saturated heterocycles. The minimum Gasteiger partial charge on any atom is -0.877 e. The Labute approximate surface area is 395 Å². The van der Waals surface area contributed by atoms with Crippen LogP contribution in [0.3, 0.4) is 0 Å². The standard InChI is InChI=1S/C11H13N3O2.C7H11N3O2.C6H7NO3.C6H10O4.C6H12O3.C2H3N.CH6N2.Na/c1-3-16-11(15)9-8-10(13(2)12-9)14-6-4-5-7-14;1-3-12-7(11)5-4-6(8)10(2)9-5;1-3-10-6(9)5(8)4-7-2;1-3-9-5(7)6(8)10-4-2;1-7-5-3-4-6(8-2)9-5;1-2-3;1-3-2;/h4-8H,3H2,1-2H3;4H,3,8H2,1-2H3;4,8H,3H2,1H3;3-4H2,1-2H3;5-6H,3-4H2,1-2H3;1H3;3H,2H2,1H3;/q;;;;;;;+1/p-1/b;;5-4-;;;;;. The van der Waals surface area contributed by atoms with Gasteiger partial charge in [-0.15, -0.1) is 0 Å². The van der Waals surface area contributed by atoms with Crippen molar-refractivity contribution >= 4 is 35.7 Å². The topological polar surface area (TPSA) is 315 Å². The van der Waals surface area contributed by atoms with Crippen LogP contribution in [0.1, 0.15) is 75.4 Å². The summed E-state index contributed by atoms with van der Waals surface area (Å²) in [5, 5.41) is 25.7. The molecule has 24 nitrogen and oxygen atoms in total. The summed E-state index contributed by atoms with van der Waals surface area (Å²) in [6, 6.07) is 8.77. The molecule has 0 saturated carbocycles. The van der Waals surface area contributed by atoms with Crippen LogP contribution < -0.4 is 51.7 Å². The van der Waals surface area contributed by atoms with E-state index in [0.717, 1.165) is 18.7 Å². The van der Waals surface area contributed by atoms with Crippen LogP contribution in [0.5, 0.6) is 0 Å². The third-order valence-electron chi connectivity index (χ3n) is 6.45. The summed E-state index contributed by atoms with van der Waals surface area (Å²) in [5.74, 6) is 1.30. The Kier molecular flexibility index (Phi) is 41.7. The Morgan fingerprint density at radius 3 is 1.55 bits per heavy atom. The Bertz CT molecular complexity index is 1810. The van der Waals surface area contributed by atoms with Gasteiger partial charge in [-0.3, -0.25) is 20.6 Å². The molecule has 0 bridgehead atoms. The zero-order valence-corrected chi connectivity index (χ0v) is 40.6. The van der Waals surface area contributed by atoms with Crippen LogP contribution in [0, 0.1) is 17.9 Å². The average molecular weight is 917 g/mol. The molecule has 0 spiro atoms. The molecule has 64 heavy (non-hydrogen) atoms. The molecule has 352 valence electrons. The molecule has 1 aliphatic rings. The molecule has 5 N–H and O–H groups in total. The molecule has 0 aromatic carbocycles. The number of rotatable bonds is 11. The van der Waals surface area contributed by atoms with Crippen molar-refractivity contribution < 1.29 is 96.5 Å². The van der Waals surface area contributed by atoms with Gasteiger partial charge in [0.1, 0.15) is 11.6 Å². The molecule has 0 aliphatic carbocycles. The number of nitrogen functional groups attached to an aromatic ring is 1. The summed E-state index contributed by atoms with van der Waals surface area (Å²) in [7, 11) is 8.39. The molecule has 3 aromatic rings. The first-order valence-electron chi connectivity index (χ1n) is 19.0. The van der Waals surface area contributed by atoms with E-state index in [-0.39, 0.29) is 67.7 Å². The van der Waals surface area contributed by atoms with Crippen LogP contribution in [0.4, 0.5) is 5.82 Å². The molecule has 0 amide bonds. The molecule has 1 fully saturated rings. The van der Waals surface area contributed by atoms with Gasteiger partial charge >= 0.3 is 59.4 Å². The van der Waals surface area contributed by atoms with Crippen molar-refractivity contribution in [1.82, 2.24) is 29.6 Å². The predicted molar refractivity (Wildman–Crippen MR) is 223 cm³/mol. The molecule has 25 heteroatoms. The van der Waals surface area contributed by atoms with E-state index in [9.17, 15) is 29.1 Å². The number of anilines is 1. The second-order valence-corrected chi connectivity index (χ2v) is 11.0. The Morgan fingerprint density at radius 1 is 0.844 bits per heavy atom. The molecule has 4 heterocycles. The van der Waals surface area contributed by atoms with Crippen LogP contribution >= 0.6 is 0 Å². The molecule has 2 unspecified atom stereocenters. The maximum Gasteiger partial charge on any atom is 1.00 e. The zero-order valence-electron chi connectivity index (χ0n) is 38.6. The summed E-state index contributed by atoms with van der Waals surface area (Å²) >= 11 is 0. The normalized spacial score (nSPS) is 12.8. The number of methoxy groups -OCH3 is 2. The average Bonchev–Trinajstić information content (AvgIpc) is 4.09. The number of carbonyl (C=O) groups excluding carboxylic acids is 5. The van der Waals surface area contributed by atoms with E-state index in [1.165, 1.54) is 17.7 Å². The van der Waals surface area contributed by atoms with Gasteiger partial charge in [-0.25, -0.2) is 28.8 Å². The fourth-order valence-corrected chi connectivity index (χ4v) is 3.90. The number of aromatic nitrogens is 5. The van der Waals surface area contributed by atoms with Crippen LogP contribution in [-0.4, -0.2) is 121 Å². The Morgan fingerprint density at radius 2 is 1.22 bits per heavy atom. The monoisotopic (exact) mass is 916 g/mol. The van der Waals surface area contributed by atoms with Gasteiger partial charge in [-0.1, -0.05) is 0 Å². The van der Waals surface area contributed by atoms with Crippen molar-refractivity contribution in [2.24, 2.45) is 19.9 Å². The third-order valence-corrected chi connectivity index (χ3v) is 6.45. The molecular weight excluding hydrogens is 855 g/mol. The number of ether oxygens (including phenoxy) is 8. The Balaban J connectivity index is -0.000000344. The first kappa shape index (κ1) is 64.8. The van der Waals surface area contributed by atoms with Crippen molar-refractivity contribution in [1.29, 1.82) is 5.26 Å². The molecule has 2 atom stereocenters. The van der Waals surface area contributed by atoms with Gasteiger partial charge in [-0.2, -0.15) is 15.5 Å². The van der Waals surface area contributed by atoms with E-state index >= 15 is 0 Å². The largest absolute Gasteiger partial charge is 1.00 e. The van der Waals surface area contributed by atoms with Crippen molar-refractivity contribution in [2.75, 3.05) is 60.0 Å². The van der Waals surface area contributed by atoms with E-state index in [4.69, 9.17) is 41.3 Å². The van der Waals surface area contributed by atoms with Crippen LogP contribution in [-0.2, 0) is 66.4 Å². The quantitative estimate of drug-likeness (QED) is 0.0232. The maximum absolute atomic E-state index is 11.5. The SMILES string of the molecule is CC#N.CCOC(=O)C(=O)OCC.CCOC(=O)c1cc(-n2cccc2)n(C)n1.CCOC(=O)c1cc(N)n(C)n1.CNN.COC1CCC(OC)O1.[C-]#[N+]/C=C(\[O-])C(=O)OCC.[Na+]. The van der Waals surface area contributed by atoms with E-state index < -0.39 is 35.6 Å². The number of hydrazine groups is 1. The maximum atomic E-state index is 11.5. The first-order chi connectivity index (χ1) is 30.0. The van der Waals surface area contributed by atoms with Gasteiger partial charge in [-0.05, 0) is 59.6 Å². The minimum absolute atomic E-state index is 0. The van der Waals surface area contributed by atoms with Gasteiger partial charge in [0.15, 0.2) is 30.2 Å². The molecule has 4 rings (SSSR count). The number of nitriles is 1. The number of hydrogen-bond acceptors (Lipinski definition) is 20. The summed E-state index contributed by atoms with van der Waals surface area (Å²) < 4.78 is 42.6. The van der Waals surface area contributed by atoms with Crippen LogP contribution in [0.25, 0.3) is 10.7 Å². The number of nitrogens with two attached hydrogens (primary N) is 2. The van der Waals surface area contributed by atoms with Crippen molar-refractivity contribution in [3.63, 3.8) is 0 Å². The van der Waals surface area contributed by atoms with Crippen molar-refractivity contribution in [3.8, 4) is 11.9 Å². The van der Waals surface area contributed by atoms with Crippen molar-refractivity contribution in [3.05, 3.63) is 71.4 Å². The van der Waals surface area contributed by atoms with Gasteiger partial charge < -0.3 is 53.3 Å². The van der Waals surface area contributed by atoms with E-state index in [0.29, 0.717) is 30.9 Å². The third kappa shape index (κ3) is 29.5. The fraction of sp³-hybridized carbons (Fsp3) is 0.513. The number of nitrogens with zero attached hydrogens (tertiary/aromatic N) is 7. The van der Waals surface area contributed by atoms with Gasteiger partial charge in [0.2, 0.25) is 0 Å². The second kappa shape index (κ2) is 41.2. The summed E-state index contributed by atoms with van der Waals surface area (Å²) in [6.07, 6.45) is 6.17. The van der Waals surface area contributed by atoms with Gasteiger partial charge in [0.25, 0.3) is 0 Å². The first-order valence-corrected chi connectivity index (χ1v) is 19.0. The number of carbonyl (C=O) groups is 5. The predicted octanol–water partition coefficient (Wildman–Crippen LogP) is -1.30. The number of hydrogen-bond donors (Lipinski definition) is 3. The molecule has 3 aromatic heterocycles. The van der Waals surface area contributed by atoms with Gasteiger partial charge in [0, 0.05) is 72.6 Å². The summed E-state index contributed by atoms with van der Waals surface area (Å²) in [4.78, 5) is 56.4. The van der Waals surface area contributed by atoms with Crippen LogP contribution in [0.15, 0.2) is 48.6 Å². The smallest absolute Gasteiger partial charge is 0.877 e. The number of esters is 5. The molecule has 1 aliphatic heterocycles. The number of nitrogens with one attached hydrogen (secondary N) is 1. The Hall–Kier alpha value is -5.83.